The monoisotopic (exact) mass is 198 g/mol. The Labute approximate surface area is 75.7 Å². The van der Waals surface area contributed by atoms with E-state index in [4.69, 9.17) is 0 Å². The van der Waals surface area contributed by atoms with Gasteiger partial charge in [-0.2, -0.15) is 37.0 Å². The van der Waals surface area contributed by atoms with E-state index in [9.17, 15) is 0 Å². The van der Waals surface area contributed by atoms with Crippen LogP contribution >= 0.6 is 48.8 Å². The van der Waals surface area contributed by atoms with Crippen molar-refractivity contribution in [1.29, 1.82) is 0 Å². The van der Waals surface area contributed by atoms with Gasteiger partial charge in [0.2, 0.25) is 0 Å². The first kappa shape index (κ1) is 8.50. The summed E-state index contributed by atoms with van der Waals surface area (Å²) in [6.45, 7) is 0. The van der Waals surface area contributed by atoms with Crippen molar-refractivity contribution in [2.45, 2.75) is 9.83 Å². The summed E-state index contributed by atoms with van der Waals surface area (Å²) < 4.78 is 0.542. The van der Waals surface area contributed by atoms with Gasteiger partial charge in [0.1, 0.15) is 0 Å². The average Bonchev–Trinajstić information content (AvgIpc) is 1.88. The summed E-state index contributed by atoms with van der Waals surface area (Å²) in [6, 6.07) is 0. The molecule has 54 valence electrons. The molecule has 0 aromatic carbocycles. The van der Waals surface area contributed by atoms with Crippen LogP contribution < -0.4 is 0 Å². The fourth-order valence-electron chi connectivity index (χ4n) is 0.697. The molecule has 9 heavy (non-hydrogen) atoms. The molecule has 0 bridgehead atoms. The third-order valence-corrected chi connectivity index (χ3v) is 5.43. The Morgan fingerprint density at radius 1 is 1.44 bits per heavy atom. The van der Waals surface area contributed by atoms with Crippen LogP contribution in [-0.2, 0) is 0 Å². The third kappa shape index (κ3) is 2.87. The van der Waals surface area contributed by atoms with Gasteiger partial charge >= 0.3 is 0 Å². The molecule has 0 aromatic rings. The first-order chi connectivity index (χ1) is 4.33. The van der Waals surface area contributed by atoms with Crippen molar-refractivity contribution in [2.75, 3.05) is 17.3 Å². The Hall–Kier alpha value is 1.40. The molecule has 0 aliphatic carbocycles. The third-order valence-electron chi connectivity index (χ3n) is 1.12. The molecule has 0 N–H and O–H groups in total. The summed E-state index contributed by atoms with van der Waals surface area (Å²) >= 11 is 12.6. The lowest BCUT2D eigenvalue weighted by Gasteiger charge is -2.23. The minimum Gasteiger partial charge on any atom is -0.178 e. The molecule has 1 aliphatic heterocycles. The van der Waals surface area contributed by atoms with Crippen LogP contribution in [0.5, 0.6) is 0 Å². The maximum atomic E-state index is 4.38. The van der Waals surface area contributed by atoms with Gasteiger partial charge in [0.25, 0.3) is 0 Å². The molecule has 1 fully saturated rings. The van der Waals surface area contributed by atoms with Gasteiger partial charge < -0.3 is 0 Å². The summed E-state index contributed by atoms with van der Waals surface area (Å²) in [7, 11) is 0. The molecule has 0 saturated carbocycles. The van der Waals surface area contributed by atoms with Crippen molar-refractivity contribution in [2.24, 2.45) is 0 Å². The van der Waals surface area contributed by atoms with Gasteiger partial charge in [0, 0.05) is 22.5 Å². The molecular formula is C5H10S4. The number of hydrogen-bond donors (Lipinski definition) is 2. The molecule has 4 heteroatoms. The standard InChI is InChI=1S/C5H10S4/c6-1-4-2-8-3-5(7)9-4/h4-7H,1-3H2. The maximum Gasteiger partial charge on any atom is 0.0566 e. The molecule has 2 atom stereocenters. The van der Waals surface area contributed by atoms with Crippen molar-refractivity contribution in [3.63, 3.8) is 0 Å². The Balaban J connectivity index is 2.23. The normalized spacial score (nSPS) is 36.7. The molecule has 1 aliphatic rings. The quantitative estimate of drug-likeness (QED) is 0.619. The van der Waals surface area contributed by atoms with Crippen LogP contribution in [-0.4, -0.2) is 27.1 Å². The van der Waals surface area contributed by atoms with E-state index in [2.05, 4.69) is 25.3 Å². The highest BCUT2D eigenvalue weighted by atomic mass is 32.2. The maximum absolute atomic E-state index is 4.38. The highest BCUT2D eigenvalue weighted by Crippen LogP contribution is 2.32. The molecule has 0 spiro atoms. The van der Waals surface area contributed by atoms with E-state index < -0.39 is 0 Å². The first-order valence-corrected chi connectivity index (χ1v) is 6.09. The number of thioether (sulfide) groups is 2. The summed E-state index contributed by atoms with van der Waals surface area (Å²) in [4.78, 5) is 0. The Bertz CT molecular complexity index is 85.0. The average molecular weight is 198 g/mol. The first-order valence-electron chi connectivity index (χ1n) is 2.85. The van der Waals surface area contributed by atoms with Crippen molar-refractivity contribution in [3.8, 4) is 0 Å². The van der Waals surface area contributed by atoms with Gasteiger partial charge in [-0.15, -0.1) is 11.8 Å². The second-order valence-electron chi connectivity index (χ2n) is 1.93. The van der Waals surface area contributed by atoms with Crippen molar-refractivity contribution >= 4 is 48.8 Å². The zero-order valence-corrected chi connectivity index (χ0v) is 8.41. The van der Waals surface area contributed by atoms with Crippen molar-refractivity contribution < 1.29 is 0 Å². The minimum atomic E-state index is 0.542. The lowest BCUT2D eigenvalue weighted by Crippen LogP contribution is -2.19. The molecule has 0 amide bonds. The minimum absolute atomic E-state index is 0.542. The summed E-state index contributed by atoms with van der Waals surface area (Å²) in [6.07, 6.45) is 0. The second kappa shape index (κ2) is 4.31. The molecule has 1 heterocycles. The Morgan fingerprint density at radius 3 is 2.67 bits per heavy atom. The van der Waals surface area contributed by atoms with E-state index in [-0.39, 0.29) is 0 Å². The summed E-state index contributed by atoms with van der Waals surface area (Å²) in [5, 5.41) is 0.731. The fourth-order valence-corrected chi connectivity index (χ4v) is 4.55. The van der Waals surface area contributed by atoms with Crippen molar-refractivity contribution in [1.82, 2.24) is 0 Å². The van der Waals surface area contributed by atoms with Gasteiger partial charge in [-0.05, 0) is 0 Å². The molecule has 1 saturated heterocycles. The molecule has 2 unspecified atom stereocenters. The van der Waals surface area contributed by atoms with Gasteiger partial charge in [0.15, 0.2) is 0 Å². The Kier molecular flexibility index (Phi) is 4.07. The molecule has 1 rings (SSSR count). The van der Waals surface area contributed by atoms with Crippen LogP contribution in [0, 0.1) is 0 Å². The predicted octanol–water partition coefficient (Wildman–Crippen LogP) is 2.02. The van der Waals surface area contributed by atoms with E-state index in [1.165, 1.54) is 11.5 Å². The summed E-state index contributed by atoms with van der Waals surface area (Å²) in [5.74, 6) is 3.44. The number of hydrogen-bond acceptors (Lipinski definition) is 4. The van der Waals surface area contributed by atoms with Crippen LogP contribution in [0.4, 0.5) is 0 Å². The van der Waals surface area contributed by atoms with E-state index in [1.54, 1.807) is 0 Å². The van der Waals surface area contributed by atoms with Gasteiger partial charge in [0.05, 0.1) is 4.58 Å². The predicted molar refractivity (Wildman–Crippen MR) is 55.3 cm³/mol. The highest BCUT2D eigenvalue weighted by molar-refractivity contribution is 8.14. The topological polar surface area (TPSA) is 0 Å². The van der Waals surface area contributed by atoms with Crippen LogP contribution in [0.3, 0.4) is 0 Å². The summed E-state index contributed by atoms with van der Waals surface area (Å²) in [5.41, 5.74) is 0. The second-order valence-corrected chi connectivity index (χ2v) is 5.85. The SMILES string of the molecule is SCC1CSCC(S)S1. The largest absolute Gasteiger partial charge is 0.178 e. The van der Waals surface area contributed by atoms with Crippen LogP contribution in [0.25, 0.3) is 0 Å². The van der Waals surface area contributed by atoms with E-state index in [0.717, 1.165) is 11.0 Å². The Morgan fingerprint density at radius 2 is 2.22 bits per heavy atom. The lowest BCUT2D eigenvalue weighted by atomic mass is 10.5. The van der Waals surface area contributed by atoms with Crippen LogP contribution in [0.2, 0.25) is 0 Å². The van der Waals surface area contributed by atoms with Gasteiger partial charge in [-0.25, -0.2) is 0 Å². The van der Waals surface area contributed by atoms with Crippen LogP contribution in [0.1, 0.15) is 0 Å². The highest BCUT2D eigenvalue weighted by Gasteiger charge is 2.18. The van der Waals surface area contributed by atoms with Gasteiger partial charge in [-0.3, -0.25) is 0 Å². The lowest BCUT2D eigenvalue weighted by molar-refractivity contribution is 1.13. The molecular weight excluding hydrogens is 188 g/mol. The number of thiol groups is 2. The zero-order chi connectivity index (χ0) is 6.69. The molecule has 0 radical (unpaired) electrons. The molecule has 0 nitrogen and oxygen atoms in total. The number of rotatable bonds is 1. The van der Waals surface area contributed by atoms with Crippen molar-refractivity contribution in [3.05, 3.63) is 0 Å². The zero-order valence-electron chi connectivity index (χ0n) is 4.99. The van der Waals surface area contributed by atoms with E-state index in [0.29, 0.717) is 4.58 Å². The van der Waals surface area contributed by atoms with E-state index >= 15 is 0 Å². The van der Waals surface area contributed by atoms with Crippen LogP contribution in [0.15, 0.2) is 0 Å². The fraction of sp³-hybridized carbons (Fsp3) is 1.00. The van der Waals surface area contributed by atoms with E-state index in [1.807, 2.05) is 23.5 Å². The molecule has 0 aromatic heterocycles. The van der Waals surface area contributed by atoms with Gasteiger partial charge in [-0.1, -0.05) is 0 Å². The smallest absolute Gasteiger partial charge is 0.0566 e.